The standard InChI is InChI=1S/C49H30F2O4/c50-41-21-13-36(14-22-41)47(52)34-9-5-32(6-10-34)40-20-28-45(33-7-11-35(12-8-33)48(53)37-15-23-42(51)24-16-37)46(30-40)49(54)38-18-25-43(26-19-38)55-44-27-17-31-3-1-2-4-39(31)29-44/h1-30H. The van der Waals surface area contributed by atoms with Crippen LogP contribution in [0.3, 0.4) is 0 Å². The summed E-state index contributed by atoms with van der Waals surface area (Å²) in [6.07, 6.45) is 0. The average molecular weight is 721 g/mol. The summed E-state index contributed by atoms with van der Waals surface area (Å²) in [4.78, 5) is 40.5. The fourth-order valence-corrected chi connectivity index (χ4v) is 6.51. The molecule has 0 aliphatic rings. The third kappa shape index (κ3) is 7.48. The molecular formula is C49H30F2O4. The second kappa shape index (κ2) is 15.0. The lowest BCUT2D eigenvalue weighted by atomic mass is 9.89. The molecule has 0 atom stereocenters. The van der Waals surface area contributed by atoms with Crippen molar-refractivity contribution in [2.45, 2.75) is 0 Å². The maximum Gasteiger partial charge on any atom is 0.193 e. The molecule has 0 bridgehead atoms. The van der Waals surface area contributed by atoms with E-state index in [0.29, 0.717) is 50.4 Å². The molecule has 6 heteroatoms. The fourth-order valence-electron chi connectivity index (χ4n) is 6.51. The Morgan fingerprint density at radius 3 is 1.36 bits per heavy atom. The number of hydrogen-bond acceptors (Lipinski definition) is 4. The molecule has 0 heterocycles. The van der Waals surface area contributed by atoms with Crippen LogP contribution < -0.4 is 4.74 Å². The maximum absolute atomic E-state index is 14.4. The van der Waals surface area contributed by atoms with Crippen molar-refractivity contribution in [2.24, 2.45) is 0 Å². The number of halogens is 2. The van der Waals surface area contributed by atoms with Gasteiger partial charge in [0.2, 0.25) is 0 Å². The van der Waals surface area contributed by atoms with Crippen molar-refractivity contribution in [2.75, 3.05) is 0 Å². The molecule has 0 radical (unpaired) electrons. The topological polar surface area (TPSA) is 60.4 Å². The van der Waals surface area contributed by atoms with Crippen LogP contribution in [-0.2, 0) is 0 Å². The van der Waals surface area contributed by atoms with E-state index in [9.17, 15) is 23.2 Å². The highest BCUT2D eigenvalue weighted by Crippen LogP contribution is 2.33. The number of rotatable bonds is 10. The Morgan fingerprint density at radius 1 is 0.364 bits per heavy atom. The molecule has 0 saturated heterocycles. The van der Waals surface area contributed by atoms with Gasteiger partial charge in [0.15, 0.2) is 17.3 Å². The van der Waals surface area contributed by atoms with Gasteiger partial charge in [0, 0.05) is 33.4 Å². The summed E-state index contributed by atoms with van der Waals surface area (Å²) in [5.74, 6) is -0.270. The Kier molecular flexibility index (Phi) is 9.46. The van der Waals surface area contributed by atoms with Gasteiger partial charge >= 0.3 is 0 Å². The minimum Gasteiger partial charge on any atom is -0.457 e. The molecule has 0 saturated carbocycles. The van der Waals surface area contributed by atoms with E-state index in [-0.39, 0.29) is 17.3 Å². The molecular weight excluding hydrogens is 691 g/mol. The normalized spacial score (nSPS) is 10.9. The van der Waals surface area contributed by atoms with E-state index >= 15 is 0 Å². The molecule has 0 aliphatic carbocycles. The van der Waals surface area contributed by atoms with E-state index in [1.807, 2.05) is 72.8 Å². The predicted molar refractivity (Wildman–Crippen MR) is 211 cm³/mol. The number of carbonyl (C=O) groups excluding carboxylic acids is 3. The first-order valence-corrected chi connectivity index (χ1v) is 17.6. The number of benzene rings is 8. The molecule has 8 aromatic carbocycles. The maximum atomic E-state index is 14.4. The molecule has 0 aromatic heterocycles. The van der Waals surface area contributed by atoms with Crippen molar-refractivity contribution in [3.63, 3.8) is 0 Å². The smallest absolute Gasteiger partial charge is 0.193 e. The molecule has 0 spiro atoms. The van der Waals surface area contributed by atoms with Gasteiger partial charge in [-0.1, -0.05) is 91.0 Å². The Labute approximate surface area is 315 Å². The molecule has 8 aromatic rings. The summed E-state index contributed by atoms with van der Waals surface area (Å²) in [7, 11) is 0. The van der Waals surface area contributed by atoms with Crippen molar-refractivity contribution in [1.82, 2.24) is 0 Å². The molecule has 0 N–H and O–H groups in total. The van der Waals surface area contributed by atoms with Crippen molar-refractivity contribution in [3.05, 3.63) is 227 Å². The van der Waals surface area contributed by atoms with Gasteiger partial charge in [0.25, 0.3) is 0 Å². The first kappa shape index (κ1) is 34.8. The highest BCUT2D eigenvalue weighted by atomic mass is 19.1. The lowest BCUT2D eigenvalue weighted by Crippen LogP contribution is -2.05. The second-order valence-electron chi connectivity index (χ2n) is 13.1. The molecule has 0 amide bonds. The van der Waals surface area contributed by atoms with Crippen LogP contribution in [0.1, 0.15) is 47.8 Å². The van der Waals surface area contributed by atoms with E-state index in [4.69, 9.17) is 4.74 Å². The zero-order chi connectivity index (χ0) is 37.9. The quantitative estimate of drug-likeness (QED) is 0.132. The van der Waals surface area contributed by atoms with E-state index < -0.39 is 11.6 Å². The minimum absolute atomic E-state index is 0.219. The summed E-state index contributed by atoms with van der Waals surface area (Å²) in [6, 6.07) is 51.3. The van der Waals surface area contributed by atoms with Gasteiger partial charge in [0.05, 0.1) is 0 Å². The Bertz CT molecular complexity index is 2700. The van der Waals surface area contributed by atoms with Crippen LogP contribution in [0.2, 0.25) is 0 Å². The summed E-state index contributed by atoms with van der Waals surface area (Å²) in [6.45, 7) is 0. The Hall–Kier alpha value is -7.31. The van der Waals surface area contributed by atoms with E-state index in [0.717, 1.165) is 27.5 Å². The van der Waals surface area contributed by atoms with Gasteiger partial charge in [-0.2, -0.15) is 0 Å². The van der Waals surface area contributed by atoms with Gasteiger partial charge in [-0.05, 0) is 124 Å². The predicted octanol–water partition coefficient (Wildman–Crippen LogP) is 11.9. The molecule has 0 unspecified atom stereocenters. The summed E-state index contributed by atoms with van der Waals surface area (Å²) in [5, 5.41) is 2.17. The van der Waals surface area contributed by atoms with Gasteiger partial charge in [-0.3, -0.25) is 14.4 Å². The third-order valence-corrected chi connectivity index (χ3v) is 9.49. The zero-order valence-corrected chi connectivity index (χ0v) is 29.2. The molecule has 0 aliphatic heterocycles. The average Bonchev–Trinajstić information content (AvgIpc) is 3.23. The highest BCUT2D eigenvalue weighted by molar-refractivity contribution is 6.14. The van der Waals surface area contributed by atoms with E-state index in [1.165, 1.54) is 48.5 Å². The van der Waals surface area contributed by atoms with E-state index in [2.05, 4.69) is 0 Å². The van der Waals surface area contributed by atoms with Crippen molar-refractivity contribution < 1.29 is 27.9 Å². The lowest BCUT2D eigenvalue weighted by Gasteiger charge is -2.14. The first-order valence-electron chi connectivity index (χ1n) is 17.6. The van der Waals surface area contributed by atoms with Crippen LogP contribution in [0, 0.1) is 11.6 Å². The zero-order valence-electron chi connectivity index (χ0n) is 29.2. The lowest BCUT2D eigenvalue weighted by molar-refractivity contribution is 0.103. The first-order chi connectivity index (χ1) is 26.8. The molecule has 55 heavy (non-hydrogen) atoms. The number of ether oxygens (including phenoxy) is 1. The highest BCUT2D eigenvalue weighted by Gasteiger charge is 2.19. The van der Waals surface area contributed by atoms with Crippen molar-refractivity contribution >= 4 is 28.1 Å². The van der Waals surface area contributed by atoms with Crippen molar-refractivity contribution in [3.8, 4) is 33.8 Å². The van der Waals surface area contributed by atoms with Crippen LogP contribution >= 0.6 is 0 Å². The Morgan fingerprint density at radius 2 is 0.800 bits per heavy atom. The van der Waals surface area contributed by atoms with Gasteiger partial charge in [-0.25, -0.2) is 8.78 Å². The van der Waals surface area contributed by atoms with E-state index in [1.54, 1.807) is 60.7 Å². The fraction of sp³-hybridized carbons (Fsp3) is 0. The molecule has 4 nitrogen and oxygen atoms in total. The van der Waals surface area contributed by atoms with Crippen molar-refractivity contribution in [1.29, 1.82) is 0 Å². The monoisotopic (exact) mass is 720 g/mol. The molecule has 0 fully saturated rings. The number of fused-ring (bicyclic) bond motifs is 1. The number of ketones is 3. The van der Waals surface area contributed by atoms with Crippen LogP contribution in [0.15, 0.2) is 182 Å². The minimum atomic E-state index is -0.422. The SMILES string of the molecule is O=C(c1ccc(F)cc1)c1ccc(-c2ccc(-c3ccc(C(=O)c4ccc(F)cc4)cc3)c(C(=O)c3ccc(Oc4ccc5ccccc5c4)cc3)c2)cc1. The summed E-state index contributed by atoms with van der Waals surface area (Å²) in [5.41, 5.74) is 5.44. The second-order valence-corrected chi connectivity index (χ2v) is 13.1. The van der Waals surface area contributed by atoms with Crippen LogP contribution in [0.5, 0.6) is 11.5 Å². The van der Waals surface area contributed by atoms with Gasteiger partial charge in [-0.15, -0.1) is 0 Å². The van der Waals surface area contributed by atoms with Crippen LogP contribution in [-0.4, -0.2) is 17.3 Å². The summed E-state index contributed by atoms with van der Waals surface area (Å²) < 4.78 is 33.0. The molecule has 264 valence electrons. The third-order valence-electron chi connectivity index (χ3n) is 9.49. The number of carbonyl (C=O) groups is 3. The Balaban J connectivity index is 1.11. The molecule has 8 rings (SSSR count). The largest absolute Gasteiger partial charge is 0.457 e. The van der Waals surface area contributed by atoms with Gasteiger partial charge in [0.1, 0.15) is 23.1 Å². The van der Waals surface area contributed by atoms with Crippen LogP contribution in [0.4, 0.5) is 8.78 Å². The number of hydrogen-bond donors (Lipinski definition) is 0. The van der Waals surface area contributed by atoms with Crippen LogP contribution in [0.25, 0.3) is 33.0 Å². The van der Waals surface area contributed by atoms with Gasteiger partial charge < -0.3 is 4.74 Å². The summed E-state index contributed by atoms with van der Waals surface area (Å²) >= 11 is 0.